The fourth-order valence-electron chi connectivity index (χ4n) is 2.63. The van der Waals surface area contributed by atoms with Crippen LogP contribution in [0.25, 0.3) is 5.82 Å². The van der Waals surface area contributed by atoms with Gasteiger partial charge >= 0.3 is 0 Å². The highest BCUT2D eigenvalue weighted by molar-refractivity contribution is 5.96. The molecule has 0 saturated heterocycles. The lowest BCUT2D eigenvalue weighted by Crippen LogP contribution is -2.47. The number of nitrogens with one attached hydrogen (secondary N) is 3. The molecule has 3 aromatic rings. The van der Waals surface area contributed by atoms with Gasteiger partial charge in [-0.05, 0) is 31.5 Å². The number of ether oxygens (including phenoxy) is 1. The van der Waals surface area contributed by atoms with E-state index in [0.717, 1.165) is 0 Å². The highest BCUT2D eigenvalue weighted by Crippen LogP contribution is 2.17. The van der Waals surface area contributed by atoms with Crippen molar-refractivity contribution in [2.75, 3.05) is 0 Å². The van der Waals surface area contributed by atoms with E-state index in [9.17, 15) is 18.8 Å². The number of nitrogens with zero attached hydrogens (tertiary/aromatic N) is 3. The van der Waals surface area contributed by atoms with E-state index in [1.54, 1.807) is 6.07 Å². The number of rotatable bonds is 6. The van der Waals surface area contributed by atoms with Gasteiger partial charge in [0.1, 0.15) is 0 Å². The Morgan fingerprint density at radius 3 is 2.67 bits per heavy atom. The van der Waals surface area contributed by atoms with Crippen molar-refractivity contribution < 1.29 is 18.7 Å². The summed E-state index contributed by atoms with van der Waals surface area (Å²) < 4.78 is 20.3. The van der Waals surface area contributed by atoms with Gasteiger partial charge in [-0.25, -0.2) is 14.2 Å². The number of hydrogen-bond donors (Lipinski definition) is 3. The Balaban J connectivity index is 1.66. The summed E-state index contributed by atoms with van der Waals surface area (Å²) >= 11 is 0. The molecule has 1 aromatic carbocycles. The minimum atomic E-state index is -1.05. The first-order valence-corrected chi connectivity index (χ1v) is 9.05. The van der Waals surface area contributed by atoms with Gasteiger partial charge in [-0.2, -0.15) is 10.2 Å². The first-order chi connectivity index (χ1) is 14.4. The van der Waals surface area contributed by atoms with Crippen molar-refractivity contribution in [3.05, 3.63) is 70.0 Å². The predicted molar refractivity (Wildman–Crippen MR) is 103 cm³/mol. The highest BCUT2D eigenvalue weighted by atomic mass is 19.1. The molecular weight excluding hydrogens is 395 g/mol. The van der Waals surface area contributed by atoms with E-state index >= 15 is 0 Å². The lowest BCUT2D eigenvalue weighted by Gasteiger charge is -2.15. The monoisotopic (exact) mass is 414 g/mol. The van der Waals surface area contributed by atoms with Crippen LogP contribution >= 0.6 is 0 Å². The fourth-order valence-corrected chi connectivity index (χ4v) is 2.63. The zero-order valence-corrected chi connectivity index (χ0v) is 16.2. The maximum atomic E-state index is 13.6. The Hall–Kier alpha value is -4.02. The number of amides is 2. The van der Waals surface area contributed by atoms with Crippen molar-refractivity contribution in [2.45, 2.75) is 26.4 Å². The smallest absolute Gasteiger partial charge is 0.279 e. The molecule has 0 aliphatic rings. The molecule has 0 aliphatic carbocycles. The van der Waals surface area contributed by atoms with Crippen molar-refractivity contribution in [3.63, 3.8) is 0 Å². The van der Waals surface area contributed by atoms with Gasteiger partial charge in [0.05, 0.1) is 17.5 Å². The summed E-state index contributed by atoms with van der Waals surface area (Å²) in [4.78, 5) is 35.8. The van der Waals surface area contributed by atoms with Gasteiger partial charge in [0.15, 0.2) is 23.5 Å². The Bertz CT molecular complexity index is 1110. The zero-order chi connectivity index (χ0) is 21.7. The molecule has 2 amide bonds. The summed E-state index contributed by atoms with van der Waals surface area (Å²) in [7, 11) is 0. The number of carbonyl (C=O) groups is 2. The number of carbonyl (C=O) groups excluding carboxylic acids is 2. The Morgan fingerprint density at radius 1 is 1.23 bits per heavy atom. The van der Waals surface area contributed by atoms with Crippen LogP contribution in [0.2, 0.25) is 0 Å². The molecule has 0 bridgehead atoms. The normalized spacial score (nSPS) is 11.6. The average molecular weight is 414 g/mol. The van der Waals surface area contributed by atoms with E-state index in [4.69, 9.17) is 4.74 Å². The van der Waals surface area contributed by atoms with Crippen LogP contribution in [0.4, 0.5) is 4.39 Å². The van der Waals surface area contributed by atoms with Gasteiger partial charge in [-0.1, -0.05) is 19.1 Å². The molecule has 0 aliphatic heterocycles. The minimum Gasteiger partial charge on any atom is -0.478 e. The molecule has 11 heteroatoms. The first kappa shape index (κ1) is 20.7. The average Bonchev–Trinajstić information content (AvgIpc) is 3.18. The number of H-pyrrole nitrogens is 1. The number of hydrogen-bond acceptors (Lipinski definition) is 6. The van der Waals surface area contributed by atoms with Crippen molar-refractivity contribution in [1.82, 2.24) is 30.8 Å². The Kier molecular flexibility index (Phi) is 6.20. The van der Waals surface area contributed by atoms with Crippen LogP contribution in [-0.2, 0) is 11.2 Å². The lowest BCUT2D eigenvalue weighted by molar-refractivity contribution is -0.128. The molecule has 0 spiro atoms. The third-order valence-electron chi connectivity index (χ3n) is 4.14. The number of aromatic amines is 1. The first-order valence-electron chi connectivity index (χ1n) is 9.05. The number of para-hydroxylation sites is 1. The largest absolute Gasteiger partial charge is 0.478 e. The quantitative estimate of drug-likeness (QED) is 0.514. The summed E-state index contributed by atoms with van der Waals surface area (Å²) in [5.74, 6) is -1.61. The van der Waals surface area contributed by atoms with E-state index < -0.39 is 23.7 Å². The summed E-state index contributed by atoms with van der Waals surface area (Å²) in [6.07, 6.45) is 0.706. The second-order valence-corrected chi connectivity index (χ2v) is 6.18. The van der Waals surface area contributed by atoms with Gasteiger partial charge in [-0.3, -0.25) is 25.2 Å². The van der Waals surface area contributed by atoms with Gasteiger partial charge < -0.3 is 4.74 Å². The van der Waals surface area contributed by atoms with Crippen molar-refractivity contribution >= 4 is 11.8 Å². The second-order valence-electron chi connectivity index (χ2n) is 6.18. The summed E-state index contributed by atoms with van der Waals surface area (Å²) in [5, 5.41) is 10.3. The van der Waals surface area contributed by atoms with Crippen LogP contribution in [0.1, 0.15) is 29.9 Å². The van der Waals surface area contributed by atoms with E-state index in [2.05, 4.69) is 26.1 Å². The lowest BCUT2D eigenvalue weighted by atomic mass is 10.2. The Labute approximate surface area is 170 Å². The standard InChI is InChI=1S/C19H19FN6O4/c1-3-14-12(10-21-26(14)16-8-9-17(27)23-22-16)19(29)25-24-18(28)11(2)30-15-7-5-4-6-13(15)20/h4-11H,3H2,1-2H3,(H,23,27)(H,24,28)(H,25,29)/t11-/m0/s1. The third kappa shape index (κ3) is 4.51. The molecule has 1 atom stereocenters. The molecule has 2 aromatic heterocycles. The topological polar surface area (TPSA) is 131 Å². The molecule has 0 unspecified atom stereocenters. The van der Waals surface area contributed by atoms with Crippen molar-refractivity contribution in [1.29, 1.82) is 0 Å². The van der Waals surface area contributed by atoms with Crippen molar-refractivity contribution in [3.8, 4) is 11.6 Å². The highest BCUT2D eigenvalue weighted by Gasteiger charge is 2.21. The number of benzene rings is 1. The van der Waals surface area contributed by atoms with Gasteiger partial charge in [0, 0.05) is 6.07 Å². The Morgan fingerprint density at radius 2 is 2.00 bits per heavy atom. The van der Waals surface area contributed by atoms with Gasteiger partial charge in [-0.15, -0.1) is 0 Å². The van der Waals surface area contributed by atoms with Crippen LogP contribution in [0.5, 0.6) is 5.75 Å². The van der Waals surface area contributed by atoms with Gasteiger partial charge in [0.2, 0.25) is 0 Å². The van der Waals surface area contributed by atoms with Gasteiger partial charge in [0.25, 0.3) is 17.4 Å². The minimum absolute atomic E-state index is 0.0746. The molecule has 30 heavy (non-hydrogen) atoms. The van der Waals surface area contributed by atoms with E-state index in [1.165, 1.54) is 48.1 Å². The van der Waals surface area contributed by atoms with E-state index in [1.807, 2.05) is 6.92 Å². The maximum Gasteiger partial charge on any atom is 0.279 e. The molecule has 0 saturated carbocycles. The van der Waals surface area contributed by atoms with E-state index in [0.29, 0.717) is 17.9 Å². The number of aromatic nitrogens is 4. The van der Waals surface area contributed by atoms with Crippen LogP contribution in [0, 0.1) is 5.82 Å². The molecular formula is C19H19FN6O4. The summed E-state index contributed by atoms with van der Waals surface area (Å²) in [6, 6.07) is 8.44. The molecule has 3 N–H and O–H groups in total. The molecule has 3 rings (SSSR count). The third-order valence-corrected chi connectivity index (χ3v) is 4.14. The molecule has 0 fully saturated rings. The second kappa shape index (κ2) is 8.99. The van der Waals surface area contributed by atoms with E-state index in [-0.39, 0.29) is 16.9 Å². The molecule has 10 nitrogen and oxygen atoms in total. The van der Waals surface area contributed by atoms with Crippen LogP contribution in [0.15, 0.2) is 47.4 Å². The number of hydrazine groups is 1. The van der Waals surface area contributed by atoms with Crippen LogP contribution < -0.4 is 21.1 Å². The molecule has 0 radical (unpaired) electrons. The zero-order valence-electron chi connectivity index (χ0n) is 16.2. The predicted octanol–water partition coefficient (Wildman–Crippen LogP) is 0.886. The fraction of sp³-hybridized carbons (Fsp3) is 0.211. The summed E-state index contributed by atoms with van der Waals surface area (Å²) in [6.45, 7) is 3.24. The molecule has 156 valence electrons. The number of halogens is 1. The molecule has 2 heterocycles. The van der Waals surface area contributed by atoms with Crippen LogP contribution in [-0.4, -0.2) is 37.9 Å². The summed E-state index contributed by atoms with van der Waals surface area (Å²) in [5.41, 5.74) is 4.90. The maximum absolute atomic E-state index is 13.6. The SMILES string of the molecule is CCc1c(C(=O)NNC(=O)[C@H](C)Oc2ccccc2F)cnn1-c1ccc(=O)[nH]n1. The van der Waals surface area contributed by atoms with Crippen molar-refractivity contribution in [2.24, 2.45) is 0 Å². The van der Waals surface area contributed by atoms with Crippen LogP contribution in [0.3, 0.4) is 0 Å².